The molecule has 31 heavy (non-hydrogen) atoms. The monoisotopic (exact) mass is 444 g/mol. The molecule has 0 bridgehead atoms. The van der Waals surface area contributed by atoms with E-state index >= 15 is 0 Å². The van der Waals surface area contributed by atoms with E-state index < -0.39 is 23.5 Å². The molecule has 2 aromatic rings. The van der Waals surface area contributed by atoms with Crippen LogP contribution in [0.25, 0.3) is 0 Å². The quantitative estimate of drug-likeness (QED) is 0.253. The third-order valence-corrected chi connectivity index (χ3v) is 4.62. The minimum atomic E-state index is -0.909. The molecular formula is C22H28N4O4S. The van der Waals surface area contributed by atoms with E-state index in [0.29, 0.717) is 17.4 Å². The van der Waals surface area contributed by atoms with Gasteiger partial charge in [0.25, 0.3) is 5.91 Å². The van der Waals surface area contributed by atoms with Crippen molar-refractivity contribution in [3.63, 3.8) is 0 Å². The summed E-state index contributed by atoms with van der Waals surface area (Å²) in [7, 11) is 1.34. The number of oxime groups is 1. The van der Waals surface area contributed by atoms with E-state index in [2.05, 4.69) is 27.4 Å². The van der Waals surface area contributed by atoms with Crippen LogP contribution in [0.2, 0.25) is 0 Å². The molecule has 1 atom stereocenters. The summed E-state index contributed by atoms with van der Waals surface area (Å²) in [5, 5.41) is 11.9. The molecule has 1 amide bonds. The van der Waals surface area contributed by atoms with Crippen molar-refractivity contribution in [2.24, 2.45) is 5.16 Å². The van der Waals surface area contributed by atoms with Gasteiger partial charge in [-0.2, -0.15) is 0 Å². The zero-order valence-electron chi connectivity index (χ0n) is 18.2. The Hall–Kier alpha value is -3.20. The zero-order valence-corrected chi connectivity index (χ0v) is 19.0. The Morgan fingerprint density at radius 1 is 1.29 bits per heavy atom. The van der Waals surface area contributed by atoms with Crippen molar-refractivity contribution in [2.75, 3.05) is 19.0 Å². The summed E-state index contributed by atoms with van der Waals surface area (Å²) in [5.74, 6) is -1.12. The Balaban J connectivity index is 2.24. The van der Waals surface area contributed by atoms with Gasteiger partial charge in [0.05, 0.1) is 0 Å². The highest BCUT2D eigenvalue weighted by Gasteiger charge is 2.29. The lowest BCUT2D eigenvalue weighted by molar-refractivity contribution is -0.158. The second kappa shape index (κ2) is 11.3. The number of anilines is 1. The summed E-state index contributed by atoms with van der Waals surface area (Å²) in [4.78, 5) is 35.0. The first-order chi connectivity index (χ1) is 14.7. The molecule has 0 aliphatic carbocycles. The SMILES string of the molecule is C=CCNc1nc(C(=NOC)C(=O)NC(Cc2ccccc2)C(=O)OC(C)(C)C)cs1. The standard InChI is InChI=1S/C22H28N4O4S/c1-6-12-23-21-25-17(14-31-21)18(26-29-5)19(27)24-16(20(28)30-22(2,3)4)13-15-10-8-7-9-11-15/h6-11,14,16H,1,12-13H2,2-5H3,(H,23,25)(H,24,27). The average Bonchev–Trinajstić information content (AvgIpc) is 3.18. The lowest BCUT2D eigenvalue weighted by Gasteiger charge is -2.24. The van der Waals surface area contributed by atoms with E-state index in [-0.39, 0.29) is 12.1 Å². The van der Waals surface area contributed by atoms with Gasteiger partial charge >= 0.3 is 5.97 Å². The average molecular weight is 445 g/mol. The number of nitrogens with zero attached hydrogens (tertiary/aromatic N) is 2. The van der Waals surface area contributed by atoms with Crippen molar-refractivity contribution in [1.29, 1.82) is 0 Å². The van der Waals surface area contributed by atoms with E-state index in [0.717, 1.165) is 5.56 Å². The van der Waals surface area contributed by atoms with E-state index in [4.69, 9.17) is 9.57 Å². The number of hydrogen-bond donors (Lipinski definition) is 2. The third-order valence-electron chi connectivity index (χ3n) is 3.82. The van der Waals surface area contributed by atoms with Crippen LogP contribution in [0.3, 0.4) is 0 Å². The molecule has 1 aromatic carbocycles. The first-order valence-corrected chi connectivity index (χ1v) is 10.6. The van der Waals surface area contributed by atoms with E-state index in [1.165, 1.54) is 18.4 Å². The smallest absolute Gasteiger partial charge is 0.329 e. The normalized spacial score (nSPS) is 12.6. The van der Waals surface area contributed by atoms with Crippen LogP contribution in [0.4, 0.5) is 5.13 Å². The fourth-order valence-electron chi connectivity index (χ4n) is 2.56. The van der Waals surface area contributed by atoms with Crippen LogP contribution in [0.15, 0.2) is 53.5 Å². The molecule has 0 spiro atoms. The molecule has 1 heterocycles. The second-order valence-electron chi connectivity index (χ2n) is 7.58. The number of rotatable bonds is 10. The minimum absolute atomic E-state index is 0.0352. The van der Waals surface area contributed by atoms with Gasteiger partial charge in [0, 0.05) is 18.3 Å². The Labute approximate surface area is 186 Å². The fraction of sp³-hybridized carbons (Fsp3) is 0.364. The summed E-state index contributed by atoms with van der Waals surface area (Å²) in [5.41, 5.74) is 0.486. The molecule has 0 aliphatic heterocycles. The van der Waals surface area contributed by atoms with E-state index in [1.807, 2.05) is 30.3 Å². The third kappa shape index (κ3) is 7.86. The van der Waals surface area contributed by atoms with Crippen LogP contribution in [-0.4, -0.2) is 47.9 Å². The molecule has 0 saturated carbocycles. The first kappa shape index (κ1) is 24.1. The van der Waals surface area contributed by atoms with Gasteiger partial charge in [-0.15, -0.1) is 17.9 Å². The molecule has 8 nitrogen and oxygen atoms in total. The number of ether oxygens (including phenoxy) is 1. The highest BCUT2D eigenvalue weighted by Crippen LogP contribution is 2.17. The molecule has 1 unspecified atom stereocenters. The number of aromatic nitrogens is 1. The zero-order chi connectivity index (χ0) is 22.9. The van der Waals surface area contributed by atoms with Crippen LogP contribution >= 0.6 is 11.3 Å². The Morgan fingerprint density at radius 2 is 2.00 bits per heavy atom. The number of amides is 1. The molecule has 1 aromatic heterocycles. The summed E-state index contributed by atoms with van der Waals surface area (Å²) >= 11 is 1.32. The van der Waals surface area contributed by atoms with E-state index in [9.17, 15) is 9.59 Å². The van der Waals surface area contributed by atoms with Crippen LogP contribution < -0.4 is 10.6 Å². The highest BCUT2D eigenvalue weighted by atomic mass is 32.1. The molecular weight excluding hydrogens is 416 g/mol. The maximum atomic E-state index is 13.0. The van der Waals surface area contributed by atoms with Gasteiger partial charge in [0.1, 0.15) is 24.4 Å². The molecule has 2 rings (SSSR count). The predicted octanol–water partition coefficient (Wildman–Crippen LogP) is 3.16. The molecule has 2 N–H and O–H groups in total. The molecule has 0 aliphatic rings. The number of nitrogens with one attached hydrogen (secondary N) is 2. The molecule has 9 heteroatoms. The largest absolute Gasteiger partial charge is 0.458 e. The number of hydrogen-bond acceptors (Lipinski definition) is 8. The Kier molecular flexibility index (Phi) is 8.75. The number of carbonyl (C=O) groups is 2. The van der Waals surface area contributed by atoms with Crippen molar-refractivity contribution in [3.8, 4) is 0 Å². The van der Waals surface area contributed by atoms with Crippen molar-refractivity contribution < 1.29 is 19.2 Å². The number of thiazole rings is 1. The van der Waals surface area contributed by atoms with Gasteiger partial charge < -0.3 is 20.2 Å². The van der Waals surface area contributed by atoms with Crippen molar-refractivity contribution in [1.82, 2.24) is 10.3 Å². The summed E-state index contributed by atoms with van der Waals surface area (Å²) in [6.07, 6.45) is 1.97. The van der Waals surface area contributed by atoms with Gasteiger partial charge in [-0.1, -0.05) is 41.6 Å². The lowest BCUT2D eigenvalue weighted by Crippen LogP contribution is -2.48. The van der Waals surface area contributed by atoms with Crippen molar-refractivity contribution in [2.45, 2.75) is 38.8 Å². The lowest BCUT2D eigenvalue weighted by atomic mass is 10.0. The number of esters is 1. The summed E-state index contributed by atoms with van der Waals surface area (Å²) in [6.45, 7) is 9.51. The Bertz CT molecular complexity index is 919. The predicted molar refractivity (Wildman–Crippen MR) is 122 cm³/mol. The first-order valence-electron chi connectivity index (χ1n) is 9.73. The van der Waals surface area contributed by atoms with Crippen LogP contribution in [0.5, 0.6) is 0 Å². The van der Waals surface area contributed by atoms with Gasteiger partial charge in [-0.3, -0.25) is 4.79 Å². The minimum Gasteiger partial charge on any atom is -0.458 e. The molecule has 0 fully saturated rings. The maximum Gasteiger partial charge on any atom is 0.329 e. The van der Waals surface area contributed by atoms with Crippen molar-refractivity contribution in [3.05, 3.63) is 59.6 Å². The van der Waals surface area contributed by atoms with Crippen LogP contribution in [0, 0.1) is 0 Å². The van der Waals surface area contributed by atoms with Crippen LogP contribution in [-0.2, 0) is 25.6 Å². The fourth-order valence-corrected chi connectivity index (χ4v) is 3.27. The topological polar surface area (TPSA) is 102 Å². The number of carbonyl (C=O) groups excluding carboxylic acids is 2. The van der Waals surface area contributed by atoms with Crippen molar-refractivity contribution >= 4 is 34.1 Å². The molecule has 0 radical (unpaired) electrons. The van der Waals surface area contributed by atoms with Gasteiger partial charge in [0.2, 0.25) is 0 Å². The summed E-state index contributed by atoms with van der Waals surface area (Å²) in [6, 6.07) is 8.47. The van der Waals surface area contributed by atoms with Gasteiger partial charge in [-0.25, -0.2) is 9.78 Å². The van der Waals surface area contributed by atoms with Gasteiger partial charge in [-0.05, 0) is 26.3 Å². The summed E-state index contributed by atoms with van der Waals surface area (Å²) < 4.78 is 5.51. The molecule has 0 saturated heterocycles. The van der Waals surface area contributed by atoms with E-state index in [1.54, 1.807) is 32.2 Å². The van der Waals surface area contributed by atoms with Crippen LogP contribution in [0.1, 0.15) is 32.0 Å². The molecule has 166 valence electrons. The maximum absolute atomic E-state index is 13.0. The second-order valence-corrected chi connectivity index (χ2v) is 8.44. The highest BCUT2D eigenvalue weighted by molar-refractivity contribution is 7.14. The van der Waals surface area contributed by atoms with Gasteiger partial charge in [0.15, 0.2) is 10.8 Å². The Morgan fingerprint density at radius 3 is 2.61 bits per heavy atom. The number of benzene rings is 1.